The Morgan fingerprint density at radius 2 is 1.91 bits per heavy atom. The van der Waals surface area contributed by atoms with Crippen LogP contribution in [0.2, 0.25) is 0 Å². The summed E-state index contributed by atoms with van der Waals surface area (Å²) in [6.07, 6.45) is 0. The number of carboxylic acids is 1. The molecule has 0 bridgehead atoms. The zero-order valence-corrected chi connectivity index (χ0v) is 11.9. The summed E-state index contributed by atoms with van der Waals surface area (Å²) in [5, 5.41) is 9.73. The molecular weight excluding hydrogens is 290 g/mol. The minimum atomic E-state index is -1.10. The van der Waals surface area contributed by atoms with Crippen LogP contribution in [-0.2, 0) is 4.74 Å². The Morgan fingerprint density at radius 1 is 1.14 bits per heavy atom. The molecule has 1 spiro atoms. The van der Waals surface area contributed by atoms with Crippen molar-refractivity contribution in [3.8, 4) is 11.5 Å². The van der Waals surface area contributed by atoms with Crippen LogP contribution in [0.25, 0.3) is 11.0 Å². The van der Waals surface area contributed by atoms with Gasteiger partial charge in [0.25, 0.3) is 0 Å². The van der Waals surface area contributed by atoms with E-state index in [0.717, 1.165) is 19.6 Å². The summed E-state index contributed by atoms with van der Waals surface area (Å²) in [4.78, 5) is 17.4. The fourth-order valence-electron chi connectivity index (χ4n) is 2.93. The second kappa shape index (κ2) is 4.89. The maximum atomic E-state index is 11.1. The van der Waals surface area contributed by atoms with E-state index in [2.05, 4.69) is 0 Å². The number of furan rings is 1. The molecule has 1 fully saturated rings. The molecule has 0 unspecified atom stereocenters. The molecule has 2 aromatic rings. The lowest BCUT2D eigenvalue weighted by Crippen LogP contribution is -2.58. The van der Waals surface area contributed by atoms with Gasteiger partial charge in [-0.3, -0.25) is 0 Å². The quantitative estimate of drug-likeness (QED) is 0.807. The Balaban J connectivity index is 1.83. The molecule has 1 aromatic carbocycles. The number of nitrogens with zero attached hydrogens (tertiary/aromatic N) is 1. The number of morpholine rings is 1. The number of quaternary nitrogens is 1. The van der Waals surface area contributed by atoms with Gasteiger partial charge in [-0.2, -0.15) is 0 Å². The first kappa shape index (κ1) is 13.4. The number of benzene rings is 1. The maximum absolute atomic E-state index is 11.1. The third kappa shape index (κ3) is 2.10. The minimum Gasteiger partial charge on any atom is -0.483 e. The molecule has 2 aliphatic rings. The maximum Gasteiger partial charge on any atom is 0.371 e. The highest BCUT2D eigenvalue weighted by molar-refractivity contribution is 5.95. The zero-order valence-electron chi connectivity index (χ0n) is 11.9. The molecule has 1 saturated heterocycles. The largest absolute Gasteiger partial charge is 0.483 e. The third-order valence-electron chi connectivity index (χ3n) is 4.15. The molecule has 4 rings (SSSR count). The summed E-state index contributed by atoms with van der Waals surface area (Å²) in [5.74, 6) is -0.0422. The van der Waals surface area contributed by atoms with Crippen LogP contribution in [0.4, 0.5) is 0 Å². The van der Waals surface area contributed by atoms with Crippen molar-refractivity contribution in [1.82, 2.24) is 0 Å². The summed E-state index contributed by atoms with van der Waals surface area (Å²) in [6, 6.07) is 4.95. The molecular formula is C15H16NO6+. The molecule has 0 amide bonds. The standard InChI is InChI=1S/C15H15NO6/c17-15(18)13-9-10-11(21-13)1-2-12-14(10)22-16(5-8-20-12)3-6-19-7-4-16/h1-2,9H,3-8H2/p+1. The number of rotatable bonds is 1. The van der Waals surface area contributed by atoms with Crippen LogP contribution < -0.4 is 9.57 Å². The van der Waals surface area contributed by atoms with Gasteiger partial charge in [-0.1, -0.05) is 0 Å². The number of aromatic carboxylic acids is 1. The van der Waals surface area contributed by atoms with E-state index < -0.39 is 5.97 Å². The third-order valence-corrected chi connectivity index (χ3v) is 4.15. The Kier molecular flexibility index (Phi) is 2.98. The number of hydrogen-bond acceptors (Lipinski definition) is 5. The van der Waals surface area contributed by atoms with Crippen molar-refractivity contribution in [2.24, 2.45) is 0 Å². The number of hydroxylamine groups is 3. The lowest BCUT2D eigenvalue weighted by molar-refractivity contribution is -1.08. The molecule has 116 valence electrons. The highest BCUT2D eigenvalue weighted by Crippen LogP contribution is 2.40. The first-order valence-electron chi connectivity index (χ1n) is 7.23. The lowest BCUT2D eigenvalue weighted by atomic mass is 10.2. The molecule has 7 heteroatoms. The molecule has 22 heavy (non-hydrogen) atoms. The van der Waals surface area contributed by atoms with Crippen molar-refractivity contribution in [2.45, 2.75) is 0 Å². The van der Waals surface area contributed by atoms with Crippen LogP contribution >= 0.6 is 0 Å². The fourth-order valence-corrected chi connectivity index (χ4v) is 2.93. The molecule has 0 radical (unpaired) electrons. The van der Waals surface area contributed by atoms with E-state index in [4.69, 9.17) is 23.8 Å². The first-order valence-corrected chi connectivity index (χ1v) is 7.23. The van der Waals surface area contributed by atoms with E-state index in [0.29, 0.717) is 46.9 Å². The Morgan fingerprint density at radius 3 is 2.68 bits per heavy atom. The summed E-state index contributed by atoms with van der Waals surface area (Å²) in [5.41, 5.74) is 0.480. The fraction of sp³-hybridized carbons (Fsp3) is 0.400. The molecule has 1 N–H and O–H groups in total. The van der Waals surface area contributed by atoms with Crippen LogP contribution in [-0.4, -0.2) is 55.2 Å². The van der Waals surface area contributed by atoms with Gasteiger partial charge in [-0.15, -0.1) is 4.65 Å². The van der Waals surface area contributed by atoms with Gasteiger partial charge < -0.3 is 23.8 Å². The van der Waals surface area contributed by atoms with Crippen LogP contribution in [0.3, 0.4) is 0 Å². The Hall–Kier alpha value is -2.25. The molecule has 0 saturated carbocycles. The van der Waals surface area contributed by atoms with Crippen LogP contribution in [0.5, 0.6) is 11.5 Å². The normalized spacial score (nSPS) is 20.0. The van der Waals surface area contributed by atoms with Gasteiger partial charge in [0.05, 0.1) is 18.6 Å². The summed E-state index contributed by atoms with van der Waals surface area (Å²) in [6.45, 7) is 4.02. The van der Waals surface area contributed by atoms with E-state index in [9.17, 15) is 4.79 Å². The second-order valence-corrected chi connectivity index (χ2v) is 5.50. The Bertz CT molecular complexity index is 731. The second-order valence-electron chi connectivity index (χ2n) is 5.50. The predicted octanol–water partition coefficient (Wildman–Crippen LogP) is 1.66. The Labute approximate surface area is 126 Å². The number of carboxylic acid groups (broad SMARTS) is 1. The minimum absolute atomic E-state index is 0.107. The van der Waals surface area contributed by atoms with E-state index in [-0.39, 0.29) is 5.76 Å². The van der Waals surface area contributed by atoms with E-state index in [1.165, 1.54) is 6.07 Å². The molecule has 1 aromatic heterocycles. The van der Waals surface area contributed by atoms with Gasteiger partial charge in [0, 0.05) is 6.07 Å². The lowest BCUT2D eigenvalue weighted by Gasteiger charge is -2.36. The molecule has 7 nitrogen and oxygen atoms in total. The smallest absolute Gasteiger partial charge is 0.371 e. The van der Waals surface area contributed by atoms with Crippen molar-refractivity contribution in [1.29, 1.82) is 0 Å². The molecule has 0 atom stereocenters. The van der Waals surface area contributed by atoms with E-state index in [1.54, 1.807) is 12.1 Å². The van der Waals surface area contributed by atoms with E-state index >= 15 is 0 Å². The van der Waals surface area contributed by atoms with Crippen LogP contribution in [0.1, 0.15) is 10.6 Å². The van der Waals surface area contributed by atoms with Crippen molar-refractivity contribution in [3.05, 3.63) is 24.0 Å². The van der Waals surface area contributed by atoms with Gasteiger partial charge in [-0.05, 0) is 12.1 Å². The number of carbonyl (C=O) groups is 1. The summed E-state index contributed by atoms with van der Waals surface area (Å²) < 4.78 is 17.0. The van der Waals surface area contributed by atoms with Crippen LogP contribution in [0.15, 0.2) is 22.6 Å². The highest BCUT2D eigenvalue weighted by atomic mass is 16.7. The summed E-state index contributed by atoms with van der Waals surface area (Å²) in [7, 11) is 0. The molecule has 0 aliphatic carbocycles. The van der Waals surface area contributed by atoms with Crippen molar-refractivity contribution in [3.63, 3.8) is 0 Å². The van der Waals surface area contributed by atoms with Gasteiger partial charge in [-0.25, -0.2) is 4.79 Å². The predicted molar refractivity (Wildman–Crippen MR) is 75.0 cm³/mol. The average Bonchev–Trinajstić information content (AvgIpc) is 2.87. The van der Waals surface area contributed by atoms with Gasteiger partial charge >= 0.3 is 5.97 Å². The highest BCUT2D eigenvalue weighted by Gasteiger charge is 2.38. The van der Waals surface area contributed by atoms with E-state index in [1.807, 2.05) is 0 Å². The zero-order chi connectivity index (χ0) is 15.2. The number of fused-ring (bicyclic) bond motifs is 3. The number of hydrogen-bond donors (Lipinski definition) is 1. The summed E-state index contributed by atoms with van der Waals surface area (Å²) >= 11 is 0. The van der Waals surface area contributed by atoms with Crippen LogP contribution in [0, 0.1) is 0 Å². The van der Waals surface area contributed by atoms with Crippen molar-refractivity contribution in [2.75, 3.05) is 39.5 Å². The van der Waals surface area contributed by atoms with Gasteiger partial charge in [0.1, 0.15) is 25.3 Å². The molecule has 3 heterocycles. The topological polar surface area (TPSA) is 78.1 Å². The SMILES string of the molecule is O=C(O)c1cc2c3c(ccc2o1)OCC[N+]1(CCOCC1)O3. The number of ether oxygens (including phenoxy) is 2. The van der Waals surface area contributed by atoms with Gasteiger partial charge in [0.2, 0.25) is 11.5 Å². The van der Waals surface area contributed by atoms with Crippen molar-refractivity contribution < 1.29 is 33.3 Å². The first-order chi connectivity index (χ1) is 10.7. The van der Waals surface area contributed by atoms with Crippen molar-refractivity contribution >= 4 is 16.9 Å². The average molecular weight is 306 g/mol. The monoisotopic (exact) mass is 306 g/mol. The van der Waals surface area contributed by atoms with Gasteiger partial charge in [0.15, 0.2) is 12.3 Å². The molecule has 2 aliphatic heterocycles.